The minimum atomic E-state index is -0.342. The zero-order valence-corrected chi connectivity index (χ0v) is 19.1. The number of anilines is 2. The van der Waals surface area contributed by atoms with Crippen LogP contribution in [0.5, 0.6) is 5.75 Å². The summed E-state index contributed by atoms with van der Waals surface area (Å²) < 4.78 is 5.20. The van der Waals surface area contributed by atoms with Crippen molar-refractivity contribution in [2.24, 2.45) is 5.92 Å². The molecular weight excluding hydrogens is 404 g/mol. The lowest BCUT2D eigenvalue weighted by molar-refractivity contribution is -0.140. The molecule has 7 nitrogen and oxygen atoms in total. The van der Waals surface area contributed by atoms with Crippen LogP contribution in [0.2, 0.25) is 0 Å². The summed E-state index contributed by atoms with van der Waals surface area (Å²) in [4.78, 5) is 27.8. The number of aryl methyl sites for hydroxylation is 1. The third-order valence-corrected chi connectivity index (χ3v) is 6.79. The van der Waals surface area contributed by atoms with Crippen LogP contribution in [0.25, 0.3) is 0 Å². The first-order chi connectivity index (χ1) is 15.4. The minimum absolute atomic E-state index is 0.168. The Morgan fingerprint density at radius 3 is 2.62 bits per heavy atom. The van der Waals surface area contributed by atoms with Crippen molar-refractivity contribution in [2.45, 2.75) is 44.7 Å². The van der Waals surface area contributed by atoms with E-state index in [1.54, 1.807) is 19.2 Å². The predicted octanol–water partition coefficient (Wildman–Crippen LogP) is 3.96. The highest BCUT2D eigenvalue weighted by Gasteiger charge is 2.43. The number of piperidine rings is 2. The molecule has 170 valence electrons. The zero-order valence-electron chi connectivity index (χ0n) is 19.1. The summed E-state index contributed by atoms with van der Waals surface area (Å²) in [5, 5.41) is 9.28. The second-order valence-corrected chi connectivity index (χ2v) is 8.99. The Hall–Kier alpha value is -3.06. The molecule has 0 aliphatic carbocycles. The molecule has 2 aliphatic rings. The van der Waals surface area contributed by atoms with Crippen LogP contribution < -0.4 is 20.7 Å². The molecule has 4 rings (SSSR count). The van der Waals surface area contributed by atoms with Gasteiger partial charge >= 0.3 is 6.03 Å². The van der Waals surface area contributed by atoms with Crippen LogP contribution in [0, 0.1) is 12.8 Å². The molecule has 3 amide bonds. The second kappa shape index (κ2) is 9.20. The van der Waals surface area contributed by atoms with E-state index in [9.17, 15) is 9.59 Å². The van der Waals surface area contributed by atoms with Crippen LogP contribution in [0.3, 0.4) is 0 Å². The zero-order chi connectivity index (χ0) is 22.8. The first-order valence-electron chi connectivity index (χ1n) is 11.2. The van der Waals surface area contributed by atoms with Gasteiger partial charge in [-0.05, 0) is 68.0 Å². The van der Waals surface area contributed by atoms with Crippen molar-refractivity contribution in [3.05, 3.63) is 53.6 Å². The Morgan fingerprint density at radius 2 is 1.88 bits per heavy atom. The molecule has 0 saturated carbocycles. The van der Waals surface area contributed by atoms with Crippen molar-refractivity contribution in [2.75, 3.05) is 31.3 Å². The van der Waals surface area contributed by atoms with Gasteiger partial charge in [-0.2, -0.15) is 0 Å². The molecule has 2 aliphatic heterocycles. The summed E-state index contributed by atoms with van der Waals surface area (Å²) in [6.45, 7) is 5.13. The number of likely N-dealkylation sites (N-methyl/N-ethyl adjacent to an activating group) is 1. The van der Waals surface area contributed by atoms with Gasteiger partial charge in [-0.25, -0.2) is 4.79 Å². The van der Waals surface area contributed by atoms with Crippen molar-refractivity contribution in [1.82, 2.24) is 10.2 Å². The predicted molar refractivity (Wildman–Crippen MR) is 126 cm³/mol. The number of amides is 3. The fourth-order valence-corrected chi connectivity index (χ4v) is 5.00. The number of hydrogen-bond donors (Lipinski definition) is 3. The Morgan fingerprint density at radius 1 is 1.12 bits per heavy atom. The summed E-state index contributed by atoms with van der Waals surface area (Å²) in [7, 11) is 3.52. The lowest BCUT2D eigenvalue weighted by atomic mass is 9.75. The average Bonchev–Trinajstić information content (AvgIpc) is 2.78. The van der Waals surface area contributed by atoms with Crippen LogP contribution in [-0.4, -0.2) is 49.6 Å². The molecule has 0 radical (unpaired) electrons. The topological polar surface area (TPSA) is 82.7 Å². The van der Waals surface area contributed by atoms with Gasteiger partial charge in [0.25, 0.3) is 0 Å². The van der Waals surface area contributed by atoms with E-state index in [2.05, 4.69) is 22.9 Å². The second-order valence-electron chi connectivity index (χ2n) is 8.99. The molecule has 7 heteroatoms. The highest BCUT2D eigenvalue weighted by atomic mass is 16.5. The lowest BCUT2D eigenvalue weighted by Gasteiger charge is -2.47. The van der Waals surface area contributed by atoms with Gasteiger partial charge in [0.2, 0.25) is 5.91 Å². The standard InChI is InChI=1S/C25H32N4O3/c1-15-8-9-19(28-25(31)27-18-6-5-7-20(12-18)32-4)13-21(15)22-11-17-14-26-16(2)10-23(17)29(3)24(22)30/h5-9,12-13,16-17,22-23,26H,10-11,14H2,1-4H3,(H2,27,28,31). The number of carbonyl (C=O) groups is 2. The van der Waals surface area contributed by atoms with E-state index in [0.717, 1.165) is 30.5 Å². The molecular formula is C25H32N4O3. The number of likely N-dealkylation sites (tertiary alicyclic amines) is 1. The maximum atomic E-state index is 13.3. The molecule has 0 bridgehead atoms. The van der Waals surface area contributed by atoms with Crippen LogP contribution >= 0.6 is 0 Å². The number of fused-ring (bicyclic) bond motifs is 1. The van der Waals surface area contributed by atoms with Gasteiger partial charge in [-0.15, -0.1) is 0 Å². The molecule has 3 N–H and O–H groups in total. The van der Waals surface area contributed by atoms with Crippen LogP contribution in [0.15, 0.2) is 42.5 Å². The number of methoxy groups -OCH3 is 1. The van der Waals surface area contributed by atoms with Gasteiger partial charge in [0.1, 0.15) is 5.75 Å². The van der Waals surface area contributed by atoms with Crippen molar-refractivity contribution in [3.8, 4) is 5.75 Å². The molecule has 4 unspecified atom stereocenters. The first-order valence-corrected chi connectivity index (χ1v) is 11.2. The summed E-state index contributed by atoms with van der Waals surface area (Å²) in [6.07, 6.45) is 1.82. The Bertz CT molecular complexity index is 1010. The molecule has 0 aromatic heterocycles. The average molecular weight is 437 g/mol. The van der Waals surface area contributed by atoms with E-state index < -0.39 is 0 Å². The third-order valence-electron chi connectivity index (χ3n) is 6.79. The molecule has 4 atom stereocenters. The highest BCUT2D eigenvalue weighted by Crippen LogP contribution is 2.39. The molecule has 0 spiro atoms. The summed E-state index contributed by atoms with van der Waals surface area (Å²) in [6, 6.07) is 13.4. The largest absolute Gasteiger partial charge is 0.497 e. The number of carbonyl (C=O) groups excluding carboxylic acids is 2. The summed E-state index contributed by atoms with van der Waals surface area (Å²) in [5.41, 5.74) is 3.35. The van der Waals surface area contributed by atoms with Crippen LogP contribution in [0.4, 0.5) is 16.2 Å². The van der Waals surface area contributed by atoms with E-state index in [0.29, 0.717) is 35.1 Å². The molecule has 2 aromatic rings. The SMILES string of the molecule is COc1cccc(NC(=O)Nc2ccc(C)c(C3CC4CNC(C)CC4N(C)C3=O)c2)c1. The van der Waals surface area contributed by atoms with Gasteiger partial charge < -0.3 is 25.6 Å². The van der Waals surface area contributed by atoms with Gasteiger partial charge in [0.15, 0.2) is 0 Å². The molecule has 32 heavy (non-hydrogen) atoms. The van der Waals surface area contributed by atoms with Gasteiger partial charge in [-0.3, -0.25) is 4.79 Å². The van der Waals surface area contributed by atoms with Crippen molar-refractivity contribution >= 4 is 23.3 Å². The molecule has 2 heterocycles. The van der Waals surface area contributed by atoms with Crippen LogP contribution in [-0.2, 0) is 4.79 Å². The maximum Gasteiger partial charge on any atom is 0.323 e. The fourth-order valence-electron chi connectivity index (χ4n) is 5.00. The van der Waals surface area contributed by atoms with Gasteiger partial charge in [0, 0.05) is 43.1 Å². The van der Waals surface area contributed by atoms with E-state index in [1.165, 1.54) is 0 Å². The number of nitrogens with zero attached hydrogens (tertiary/aromatic N) is 1. The van der Waals surface area contributed by atoms with Crippen molar-refractivity contribution < 1.29 is 14.3 Å². The number of rotatable bonds is 4. The number of nitrogens with one attached hydrogen (secondary N) is 3. The van der Waals surface area contributed by atoms with E-state index >= 15 is 0 Å². The molecule has 2 saturated heterocycles. The van der Waals surface area contributed by atoms with Gasteiger partial charge in [-0.1, -0.05) is 12.1 Å². The first kappa shape index (κ1) is 22.1. The quantitative estimate of drug-likeness (QED) is 0.678. The Labute approximate surface area is 189 Å². The smallest absolute Gasteiger partial charge is 0.323 e. The normalized spacial score (nSPS) is 25.1. The lowest BCUT2D eigenvalue weighted by Crippen LogP contribution is -2.57. The summed E-state index contributed by atoms with van der Waals surface area (Å²) >= 11 is 0. The number of urea groups is 1. The Balaban J connectivity index is 1.50. The maximum absolute atomic E-state index is 13.3. The molecule has 2 aromatic carbocycles. The minimum Gasteiger partial charge on any atom is -0.497 e. The number of benzene rings is 2. The van der Waals surface area contributed by atoms with E-state index in [-0.39, 0.29) is 17.9 Å². The van der Waals surface area contributed by atoms with E-state index in [1.807, 2.05) is 49.2 Å². The summed E-state index contributed by atoms with van der Waals surface area (Å²) in [5.74, 6) is 1.08. The van der Waals surface area contributed by atoms with Gasteiger partial charge in [0.05, 0.1) is 13.0 Å². The number of hydrogen-bond acceptors (Lipinski definition) is 4. The monoisotopic (exact) mass is 436 g/mol. The third kappa shape index (κ3) is 4.58. The van der Waals surface area contributed by atoms with E-state index in [4.69, 9.17) is 4.74 Å². The van der Waals surface area contributed by atoms with Crippen molar-refractivity contribution in [3.63, 3.8) is 0 Å². The van der Waals surface area contributed by atoms with Crippen molar-refractivity contribution in [1.29, 1.82) is 0 Å². The number of ether oxygens (including phenoxy) is 1. The van der Waals surface area contributed by atoms with Crippen LogP contribution in [0.1, 0.15) is 36.8 Å². The molecule has 2 fully saturated rings. The fraction of sp³-hybridized carbons (Fsp3) is 0.440. The highest BCUT2D eigenvalue weighted by molar-refractivity contribution is 6.00. The Kier molecular flexibility index (Phi) is 6.37.